The van der Waals surface area contributed by atoms with E-state index >= 15 is 0 Å². The smallest absolute Gasteiger partial charge is 0.231 e. The topological polar surface area (TPSA) is 89.8 Å². The zero-order valence-corrected chi connectivity index (χ0v) is 10.6. The molecule has 0 atom stereocenters. The molecule has 0 saturated heterocycles. The molecule has 1 heterocycles. The molecule has 0 saturated carbocycles. The first kappa shape index (κ1) is 12.9. The Balaban J connectivity index is 2.15. The molecule has 19 heavy (non-hydrogen) atoms. The summed E-state index contributed by atoms with van der Waals surface area (Å²) >= 11 is 0. The van der Waals surface area contributed by atoms with Gasteiger partial charge in [-0.05, 0) is 48.0 Å². The number of benzene rings is 1. The molecule has 0 radical (unpaired) electrons. The van der Waals surface area contributed by atoms with Gasteiger partial charge < -0.3 is 5.32 Å². The van der Waals surface area contributed by atoms with Crippen LogP contribution in [0, 0.1) is 6.92 Å². The molecular formula is C12H13N5O2. The third-order valence-electron chi connectivity index (χ3n) is 2.49. The third kappa shape index (κ3) is 3.21. The Kier molecular flexibility index (Phi) is 3.65. The molecule has 7 heteroatoms. The summed E-state index contributed by atoms with van der Waals surface area (Å²) in [7, 11) is 0. The van der Waals surface area contributed by atoms with Gasteiger partial charge in [0.05, 0.1) is 12.1 Å². The van der Waals surface area contributed by atoms with E-state index in [2.05, 4.69) is 20.8 Å². The highest BCUT2D eigenvalue weighted by Crippen LogP contribution is 2.17. The lowest BCUT2D eigenvalue weighted by atomic mass is 10.1. The van der Waals surface area contributed by atoms with Crippen LogP contribution >= 0.6 is 0 Å². The van der Waals surface area contributed by atoms with Crippen molar-refractivity contribution in [1.29, 1.82) is 0 Å². The van der Waals surface area contributed by atoms with Crippen molar-refractivity contribution in [3.05, 3.63) is 30.1 Å². The molecule has 98 valence electrons. The van der Waals surface area contributed by atoms with Crippen molar-refractivity contribution in [2.45, 2.75) is 20.3 Å². The van der Waals surface area contributed by atoms with E-state index in [1.54, 1.807) is 18.2 Å². The van der Waals surface area contributed by atoms with Gasteiger partial charge in [0.2, 0.25) is 5.91 Å². The van der Waals surface area contributed by atoms with E-state index in [1.807, 2.05) is 6.92 Å². The Labute approximate surface area is 109 Å². The molecule has 0 aliphatic heterocycles. The van der Waals surface area contributed by atoms with Gasteiger partial charge in [-0.25, -0.2) is 4.68 Å². The molecule has 2 rings (SSSR count). The van der Waals surface area contributed by atoms with Crippen LogP contribution in [0.25, 0.3) is 5.69 Å². The highest BCUT2D eigenvalue weighted by atomic mass is 16.2. The second kappa shape index (κ2) is 5.38. The molecule has 0 aliphatic carbocycles. The summed E-state index contributed by atoms with van der Waals surface area (Å²) < 4.78 is 1.54. The lowest BCUT2D eigenvalue weighted by Crippen LogP contribution is -2.15. The summed E-state index contributed by atoms with van der Waals surface area (Å²) in [6.45, 7) is 3.27. The van der Waals surface area contributed by atoms with Gasteiger partial charge in [0.15, 0.2) is 0 Å². The van der Waals surface area contributed by atoms with Crippen LogP contribution in [0.2, 0.25) is 0 Å². The molecule has 1 amide bonds. The number of nitrogens with one attached hydrogen (secondary N) is 1. The van der Waals surface area contributed by atoms with Gasteiger partial charge in [-0.3, -0.25) is 9.59 Å². The average molecular weight is 259 g/mol. The van der Waals surface area contributed by atoms with Crippen molar-refractivity contribution >= 4 is 17.4 Å². The molecule has 1 aromatic carbocycles. The number of rotatable bonds is 4. The van der Waals surface area contributed by atoms with Gasteiger partial charge in [-0.2, -0.15) is 0 Å². The normalized spacial score (nSPS) is 10.2. The zero-order valence-electron chi connectivity index (χ0n) is 10.6. The molecule has 0 aliphatic rings. The summed E-state index contributed by atoms with van der Waals surface area (Å²) in [6, 6.07) is 5.34. The molecule has 0 fully saturated rings. The van der Waals surface area contributed by atoms with Crippen molar-refractivity contribution in [3.8, 4) is 5.69 Å². The maximum Gasteiger partial charge on any atom is 0.231 e. The van der Waals surface area contributed by atoms with Gasteiger partial charge in [0.25, 0.3) is 0 Å². The molecule has 1 aromatic heterocycles. The van der Waals surface area contributed by atoms with Crippen LogP contribution < -0.4 is 5.32 Å². The predicted octanol–water partition coefficient (Wildman–Crippen LogP) is 0.888. The number of nitrogens with zero attached hydrogens (tertiary/aromatic N) is 4. The van der Waals surface area contributed by atoms with Crippen LogP contribution in [-0.4, -0.2) is 31.9 Å². The van der Waals surface area contributed by atoms with Gasteiger partial charge in [0, 0.05) is 5.69 Å². The van der Waals surface area contributed by atoms with E-state index in [1.165, 1.54) is 17.9 Å². The van der Waals surface area contributed by atoms with Crippen molar-refractivity contribution in [2.75, 3.05) is 5.32 Å². The van der Waals surface area contributed by atoms with Gasteiger partial charge in [-0.1, -0.05) is 0 Å². The Morgan fingerprint density at radius 3 is 2.74 bits per heavy atom. The Bertz CT molecular complexity index is 607. The van der Waals surface area contributed by atoms with Crippen LogP contribution in [0.1, 0.15) is 18.9 Å². The maximum absolute atomic E-state index is 11.5. The lowest BCUT2D eigenvalue weighted by molar-refractivity contribution is -0.124. The molecule has 0 spiro atoms. The maximum atomic E-state index is 11.5. The van der Waals surface area contributed by atoms with Crippen LogP contribution in [0.15, 0.2) is 24.5 Å². The third-order valence-corrected chi connectivity index (χ3v) is 2.49. The lowest BCUT2D eigenvalue weighted by Gasteiger charge is -2.08. The van der Waals surface area contributed by atoms with E-state index in [0.717, 1.165) is 11.3 Å². The van der Waals surface area contributed by atoms with Crippen LogP contribution in [-0.2, 0) is 9.59 Å². The highest BCUT2D eigenvalue weighted by molar-refractivity contribution is 6.03. The number of tetrazole rings is 1. The predicted molar refractivity (Wildman–Crippen MR) is 67.8 cm³/mol. The van der Waals surface area contributed by atoms with E-state index in [0.29, 0.717) is 5.69 Å². The number of anilines is 1. The SMILES string of the molecule is CC(=O)CC(=O)Nc1ccc(-n2cnnn2)c(C)c1. The number of Topliss-reactive ketones (excluding diaryl/α,β-unsaturated/α-hetero) is 1. The van der Waals surface area contributed by atoms with Crippen molar-refractivity contribution in [1.82, 2.24) is 20.2 Å². The van der Waals surface area contributed by atoms with Crippen molar-refractivity contribution < 1.29 is 9.59 Å². The number of hydrogen-bond acceptors (Lipinski definition) is 5. The highest BCUT2D eigenvalue weighted by Gasteiger charge is 2.08. The monoisotopic (exact) mass is 259 g/mol. The number of aromatic nitrogens is 4. The fourth-order valence-electron chi connectivity index (χ4n) is 1.69. The van der Waals surface area contributed by atoms with Crippen LogP contribution in [0.4, 0.5) is 5.69 Å². The second-order valence-corrected chi connectivity index (χ2v) is 4.18. The van der Waals surface area contributed by atoms with Crippen molar-refractivity contribution in [2.24, 2.45) is 0 Å². The number of carbonyl (C=O) groups is 2. The number of carbonyl (C=O) groups excluding carboxylic acids is 2. The standard InChI is InChI=1S/C12H13N5O2/c1-8-5-10(14-12(19)6-9(2)18)3-4-11(8)17-7-13-15-16-17/h3-5,7H,6H2,1-2H3,(H,14,19). The summed E-state index contributed by atoms with van der Waals surface area (Å²) in [5.74, 6) is -0.485. The first-order valence-electron chi connectivity index (χ1n) is 5.69. The summed E-state index contributed by atoms with van der Waals surface area (Å²) in [4.78, 5) is 22.3. The molecule has 7 nitrogen and oxygen atoms in total. The van der Waals surface area contributed by atoms with Gasteiger partial charge in [0.1, 0.15) is 12.1 Å². The fourth-order valence-corrected chi connectivity index (χ4v) is 1.69. The molecule has 0 unspecified atom stereocenters. The fraction of sp³-hybridized carbons (Fsp3) is 0.250. The van der Waals surface area contributed by atoms with E-state index in [4.69, 9.17) is 0 Å². The van der Waals surface area contributed by atoms with E-state index in [9.17, 15) is 9.59 Å². The van der Waals surface area contributed by atoms with E-state index in [-0.39, 0.29) is 18.1 Å². The number of aryl methyl sites for hydroxylation is 1. The number of hydrogen-bond donors (Lipinski definition) is 1. The molecular weight excluding hydrogens is 246 g/mol. The Morgan fingerprint density at radius 2 is 2.16 bits per heavy atom. The van der Waals surface area contributed by atoms with Crippen LogP contribution in [0.3, 0.4) is 0 Å². The zero-order chi connectivity index (χ0) is 13.8. The van der Waals surface area contributed by atoms with E-state index < -0.39 is 0 Å². The summed E-state index contributed by atoms with van der Waals surface area (Å²) in [5.41, 5.74) is 2.38. The minimum atomic E-state index is -0.318. The number of ketones is 1. The Hall–Kier alpha value is -2.57. The Morgan fingerprint density at radius 1 is 1.37 bits per heavy atom. The molecule has 0 bridgehead atoms. The van der Waals surface area contributed by atoms with Crippen LogP contribution in [0.5, 0.6) is 0 Å². The summed E-state index contributed by atoms with van der Waals surface area (Å²) in [5, 5.41) is 13.6. The first-order valence-corrected chi connectivity index (χ1v) is 5.69. The second-order valence-electron chi connectivity index (χ2n) is 4.18. The number of amides is 1. The van der Waals surface area contributed by atoms with Crippen molar-refractivity contribution in [3.63, 3.8) is 0 Å². The van der Waals surface area contributed by atoms with Gasteiger partial charge >= 0.3 is 0 Å². The van der Waals surface area contributed by atoms with Gasteiger partial charge in [-0.15, -0.1) is 5.10 Å². The summed E-state index contributed by atoms with van der Waals surface area (Å²) in [6.07, 6.45) is 1.38. The molecule has 2 aromatic rings. The minimum Gasteiger partial charge on any atom is -0.326 e. The minimum absolute atomic E-state index is 0.117. The largest absolute Gasteiger partial charge is 0.326 e. The molecule has 1 N–H and O–H groups in total. The first-order chi connectivity index (χ1) is 9.06. The average Bonchev–Trinajstić information content (AvgIpc) is 2.81. The quantitative estimate of drug-likeness (QED) is 0.823.